The van der Waals surface area contributed by atoms with Crippen molar-refractivity contribution in [1.82, 2.24) is 15.1 Å². The predicted octanol–water partition coefficient (Wildman–Crippen LogP) is 4.75. The van der Waals surface area contributed by atoms with Crippen molar-refractivity contribution >= 4 is 11.6 Å². The standard InChI is InChI=1S/C32H37N5O/c1-22-7-4-9-26(23(22)2)16-25-17-30-29(11-6-12-31(30)36(3)19-25)28-18-35-37(21-28)20-24-8-5-10-27(15-24)32(38)34-14-13-33/h4-12,15,18,21,25H,13-14,16-17,19-20,33H2,1-3H3,(H,34,38). The predicted molar refractivity (Wildman–Crippen MR) is 155 cm³/mol. The van der Waals surface area contributed by atoms with E-state index in [1.165, 1.54) is 33.5 Å². The van der Waals surface area contributed by atoms with Gasteiger partial charge in [-0.15, -0.1) is 0 Å². The Bertz CT molecular complexity index is 1440. The van der Waals surface area contributed by atoms with Gasteiger partial charge in [0.15, 0.2) is 0 Å². The number of carbonyl (C=O) groups excluding carboxylic acids is 1. The summed E-state index contributed by atoms with van der Waals surface area (Å²) in [4.78, 5) is 14.8. The molecule has 196 valence electrons. The second kappa shape index (κ2) is 11.2. The van der Waals surface area contributed by atoms with Gasteiger partial charge < -0.3 is 16.0 Å². The van der Waals surface area contributed by atoms with Gasteiger partial charge in [-0.25, -0.2) is 0 Å². The van der Waals surface area contributed by atoms with Gasteiger partial charge in [0.1, 0.15) is 0 Å². The lowest BCUT2D eigenvalue weighted by Gasteiger charge is -2.35. The van der Waals surface area contributed by atoms with Crippen LogP contribution >= 0.6 is 0 Å². The van der Waals surface area contributed by atoms with Gasteiger partial charge in [-0.05, 0) is 84.2 Å². The van der Waals surface area contributed by atoms with Crippen LogP contribution in [-0.2, 0) is 19.4 Å². The fourth-order valence-electron chi connectivity index (χ4n) is 5.61. The van der Waals surface area contributed by atoms with Gasteiger partial charge in [0.2, 0.25) is 0 Å². The van der Waals surface area contributed by atoms with Crippen LogP contribution in [0.2, 0.25) is 0 Å². The average molecular weight is 508 g/mol. The Labute approximate surface area is 225 Å². The first-order chi connectivity index (χ1) is 18.4. The first kappa shape index (κ1) is 25.7. The minimum atomic E-state index is -0.103. The Morgan fingerprint density at radius 3 is 2.76 bits per heavy atom. The maximum atomic E-state index is 12.3. The molecule has 0 aliphatic carbocycles. The molecule has 1 aliphatic heterocycles. The highest BCUT2D eigenvalue weighted by Crippen LogP contribution is 2.37. The number of hydrogen-bond donors (Lipinski definition) is 2. The largest absolute Gasteiger partial charge is 0.374 e. The number of carbonyl (C=O) groups is 1. The molecular formula is C32H37N5O. The number of aromatic nitrogens is 2. The van der Waals surface area contributed by atoms with Crippen molar-refractivity contribution in [2.75, 3.05) is 31.6 Å². The van der Waals surface area contributed by atoms with Gasteiger partial charge in [-0.3, -0.25) is 9.48 Å². The molecule has 0 bridgehead atoms. The van der Waals surface area contributed by atoms with E-state index in [0.717, 1.165) is 30.5 Å². The Kier molecular flexibility index (Phi) is 7.61. The zero-order chi connectivity index (χ0) is 26.6. The van der Waals surface area contributed by atoms with E-state index < -0.39 is 0 Å². The van der Waals surface area contributed by atoms with Crippen LogP contribution in [0.5, 0.6) is 0 Å². The van der Waals surface area contributed by atoms with Gasteiger partial charge in [0.25, 0.3) is 5.91 Å². The number of rotatable bonds is 8. The molecule has 4 aromatic rings. The van der Waals surface area contributed by atoms with E-state index in [-0.39, 0.29) is 5.91 Å². The fraction of sp³-hybridized carbons (Fsp3) is 0.312. The molecule has 1 amide bonds. The lowest BCUT2D eigenvalue weighted by atomic mass is 9.83. The highest BCUT2D eigenvalue weighted by molar-refractivity contribution is 5.94. The maximum Gasteiger partial charge on any atom is 0.251 e. The summed E-state index contributed by atoms with van der Waals surface area (Å²) in [6, 6.07) is 20.9. The molecule has 1 aromatic heterocycles. The van der Waals surface area contributed by atoms with Crippen LogP contribution in [-0.4, -0.2) is 42.4 Å². The Morgan fingerprint density at radius 1 is 1.11 bits per heavy atom. The number of amides is 1. The summed E-state index contributed by atoms with van der Waals surface area (Å²) in [5, 5.41) is 7.51. The van der Waals surface area contributed by atoms with E-state index in [9.17, 15) is 4.79 Å². The summed E-state index contributed by atoms with van der Waals surface area (Å²) in [7, 11) is 2.21. The zero-order valence-corrected chi connectivity index (χ0v) is 22.6. The van der Waals surface area contributed by atoms with Crippen molar-refractivity contribution < 1.29 is 4.79 Å². The molecule has 6 heteroatoms. The summed E-state index contributed by atoms with van der Waals surface area (Å²) in [5.74, 6) is 0.450. The number of fused-ring (bicyclic) bond motifs is 1. The van der Waals surface area contributed by atoms with Crippen molar-refractivity contribution in [2.45, 2.75) is 33.2 Å². The number of aryl methyl sites for hydroxylation is 1. The summed E-state index contributed by atoms with van der Waals surface area (Å²) in [6.07, 6.45) is 6.21. The van der Waals surface area contributed by atoms with Crippen LogP contribution in [0, 0.1) is 19.8 Å². The number of nitrogens with two attached hydrogens (primary N) is 1. The SMILES string of the molecule is Cc1cccc(CC2Cc3c(-c4cnn(Cc5cccc(C(=O)NCCN)c5)c4)cccc3N(C)C2)c1C. The van der Waals surface area contributed by atoms with Crippen molar-refractivity contribution in [3.8, 4) is 11.1 Å². The van der Waals surface area contributed by atoms with Gasteiger partial charge in [0.05, 0.1) is 12.7 Å². The van der Waals surface area contributed by atoms with Crippen molar-refractivity contribution in [2.24, 2.45) is 11.7 Å². The third kappa shape index (κ3) is 5.50. The molecule has 0 fully saturated rings. The molecule has 6 nitrogen and oxygen atoms in total. The summed E-state index contributed by atoms with van der Waals surface area (Å²) in [6.45, 7) is 6.98. The molecule has 1 aliphatic rings. The van der Waals surface area contributed by atoms with E-state index in [4.69, 9.17) is 5.73 Å². The molecule has 0 saturated carbocycles. The van der Waals surface area contributed by atoms with Crippen molar-refractivity contribution in [1.29, 1.82) is 0 Å². The topological polar surface area (TPSA) is 76.2 Å². The van der Waals surface area contributed by atoms with Crippen molar-refractivity contribution in [3.63, 3.8) is 0 Å². The van der Waals surface area contributed by atoms with Gasteiger partial charge in [0, 0.05) is 49.7 Å². The molecule has 5 rings (SSSR count). The smallest absolute Gasteiger partial charge is 0.251 e. The van der Waals surface area contributed by atoms with Gasteiger partial charge >= 0.3 is 0 Å². The van der Waals surface area contributed by atoms with Gasteiger partial charge in [-0.1, -0.05) is 42.5 Å². The summed E-state index contributed by atoms with van der Waals surface area (Å²) >= 11 is 0. The van der Waals surface area contributed by atoms with Crippen LogP contribution in [0.15, 0.2) is 73.1 Å². The average Bonchev–Trinajstić information content (AvgIpc) is 3.38. The maximum absolute atomic E-state index is 12.3. The number of anilines is 1. The highest BCUT2D eigenvalue weighted by atomic mass is 16.1. The molecule has 0 saturated heterocycles. The number of nitrogens with one attached hydrogen (secondary N) is 1. The molecule has 1 unspecified atom stereocenters. The second-order valence-corrected chi connectivity index (χ2v) is 10.5. The van der Waals surface area contributed by atoms with Crippen LogP contribution < -0.4 is 16.0 Å². The van der Waals surface area contributed by atoms with Crippen LogP contribution in [0.25, 0.3) is 11.1 Å². The first-order valence-electron chi connectivity index (χ1n) is 13.4. The third-order valence-corrected chi connectivity index (χ3v) is 7.72. The monoisotopic (exact) mass is 507 g/mol. The lowest BCUT2D eigenvalue weighted by molar-refractivity contribution is 0.0954. The summed E-state index contributed by atoms with van der Waals surface area (Å²) < 4.78 is 1.95. The normalized spacial score (nSPS) is 14.8. The Morgan fingerprint density at radius 2 is 1.92 bits per heavy atom. The molecule has 0 spiro atoms. The minimum Gasteiger partial charge on any atom is -0.374 e. The quantitative estimate of drug-likeness (QED) is 0.361. The summed E-state index contributed by atoms with van der Waals surface area (Å²) in [5.41, 5.74) is 16.5. The number of nitrogens with zero attached hydrogens (tertiary/aromatic N) is 3. The van der Waals surface area contributed by atoms with E-state index in [2.05, 4.69) is 78.8 Å². The minimum absolute atomic E-state index is 0.103. The van der Waals surface area contributed by atoms with E-state index in [0.29, 0.717) is 31.1 Å². The third-order valence-electron chi connectivity index (χ3n) is 7.72. The zero-order valence-electron chi connectivity index (χ0n) is 22.6. The van der Waals surface area contributed by atoms with Crippen LogP contribution in [0.3, 0.4) is 0 Å². The van der Waals surface area contributed by atoms with E-state index >= 15 is 0 Å². The van der Waals surface area contributed by atoms with Crippen LogP contribution in [0.1, 0.15) is 38.2 Å². The Hall–Kier alpha value is -3.90. The fourth-order valence-corrected chi connectivity index (χ4v) is 5.61. The molecule has 3 aromatic carbocycles. The molecule has 38 heavy (non-hydrogen) atoms. The molecule has 0 radical (unpaired) electrons. The second-order valence-electron chi connectivity index (χ2n) is 10.5. The molecule has 3 N–H and O–H groups in total. The number of benzene rings is 3. The van der Waals surface area contributed by atoms with Crippen molar-refractivity contribution in [3.05, 3.63) is 106 Å². The van der Waals surface area contributed by atoms with E-state index in [1.807, 2.05) is 35.1 Å². The molecular weight excluding hydrogens is 470 g/mol. The molecule has 1 atom stereocenters. The lowest BCUT2D eigenvalue weighted by Crippen LogP contribution is -2.33. The number of hydrogen-bond acceptors (Lipinski definition) is 4. The first-order valence-corrected chi connectivity index (χ1v) is 13.4. The molecule has 2 heterocycles. The Balaban J connectivity index is 1.36. The highest BCUT2D eigenvalue weighted by Gasteiger charge is 2.26. The van der Waals surface area contributed by atoms with Crippen LogP contribution in [0.4, 0.5) is 5.69 Å². The van der Waals surface area contributed by atoms with E-state index in [1.54, 1.807) is 0 Å². The van der Waals surface area contributed by atoms with Gasteiger partial charge in [-0.2, -0.15) is 5.10 Å².